The molecule has 22 heavy (non-hydrogen) atoms. The van der Waals surface area contributed by atoms with Gasteiger partial charge in [0, 0.05) is 13.1 Å². The van der Waals surface area contributed by atoms with Crippen molar-refractivity contribution in [1.82, 2.24) is 4.31 Å². The average Bonchev–Trinajstić information content (AvgIpc) is 2.46. The summed E-state index contributed by atoms with van der Waals surface area (Å²) >= 11 is 6.03. The number of aliphatic hydroxyl groups is 1. The molecule has 0 spiro atoms. The zero-order chi connectivity index (χ0) is 16.5. The first kappa shape index (κ1) is 17.2. The number of nitrogens with zero attached hydrogens (tertiary/aromatic N) is 1. The fraction of sp³-hybridized carbons (Fsp3) is 0.500. The first-order valence-corrected chi connectivity index (χ1v) is 8.72. The molecule has 122 valence electrons. The number of hydrogen-bond donors (Lipinski definition) is 2. The van der Waals surface area contributed by atoms with Crippen LogP contribution in [0.15, 0.2) is 23.1 Å². The van der Waals surface area contributed by atoms with Gasteiger partial charge < -0.3 is 10.2 Å². The first-order chi connectivity index (χ1) is 10.2. The first-order valence-electron chi connectivity index (χ1n) is 6.90. The van der Waals surface area contributed by atoms with E-state index in [2.05, 4.69) is 0 Å². The molecule has 0 bridgehead atoms. The molecule has 1 unspecified atom stereocenters. The van der Waals surface area contributed by atoms with Gasteiger partial charge in [-0.3, -0.25) is 0 Å². The highest BCUT2D eigenvalue weighted by Crippen LogP contribution is 2.29. The number of benzene rings is 1. The van der Waals surface area contributed by atoms with Crippen molar-refractivity contribution in [3.05, 3.63) is 28.8 Å². The van der Waals surface area contributed by atoms with Gasteiger partial charge in [0.1, 0.15) is 4.90 Å². The topological polar surface area (TPSA) is 94.9 Å². The summed E-state index contributed by atoms with van der Waals surface area (Å²) < 4.78 is 26.5. The van der Waals surface area contributed by atoms with Crippen molar-refractivity contribution >= 4 is 27.6 Å². The van der Waals surface area contributed by atoms with Crippen molar-refractivity contribution < 1.29 is 23.4 Å². The van der Waals surface area contributed by atoms with Crippen LogP contribution >= 0.6 is 11.6 Å². The van der Waals surface area contributed by atoms with Crippen molar-refractivity contribution in [2.45, 2.75) is 30.8 Å². The van der Waals surface area contributed by atoms with E-state index < -0.39 is 28.0 Å². The number of carboxylic acid groups (broad SMARTS) is 1. The minimum atomic E-state index is -3.71. The Morgan fingerprint density at radius 3 is 2.45 bits per heavy atom. The lowest BCUT2D eigenvalue weighted by Gasteiger charge is -2.32. The fourth-order valence-corrected chi connectivity index (χ4v) is 4.63. The van der Waals surface area contributed by atoms with Crippen molar-refractivity contribution in [2.75, 3.05) is 13.1 Å². The van der Waals surface area contributed by atoms with Gasteiger partial charge in [-0.15, -0.1) is 0 Å². The van der Waals surface area contributed by atoms with Gasteiger partial charge in [0.15, 0.2) is 6.10 Å². The molecule has 0 aliphatic carbocycles. The molecule has 1 aliphatic heterocycles. The fourth-order valence-electron chi connectivity index (χ4n) is 2.59. The summed E-state index contributed by atoms with van der Waals surface area (Å²) in [4.78, 5) is 10.8. The highest BCUT2D eigenvalue weighted by molar-refractivity contribution is 7.89. The molecule has 1 fully saturated rings. The second-order valence-electron chi connectivity index (χ2n) is 5.46. The van der Waals surface area contributed by atoms with Crippen LogP contribution in [-0.2, 0) is 14.8 Å². The molecular weight excluding hydrogens is 330 g/mol. The van der Waals surface area contributed by atoms with Gasteiger partial charge in [0.25, 0.3) is 0 Å². The number of hydrogen-bond acceptors (Lipinski definition) is 4. The van der Waals surface area contributed by atoms with Crippen molar-refractivity contribution in [3.63, 3.8) is 0 Å². The van der Waals surface area contributed by atoms with Gasteiger partial charge in [-0.2, -0.15) is 4.31 Å². The molecule has 1 aromatic rings. The third-order valence-electron chi connectivity index (χ3n) is 3.90. The summed E-state index contributed by atoms with van der Waals surface area (Å²) in [5.41, 5.74) is 0.868. The van der Waals surface area contributed by atoms with Crippen LogP contribution < -0.4 is 0 Å². The predicted octanol–water partition coefficient (Wildman–Crippen LogP) is 1.49. The Labute approximate surface area is 134 Å². The molecule has 0 amide bonds. The Hall–Kier alpha value is -1.15. The molecule has 8 heteroatoms. The standard InChI is InChI=1S/C14H18ClNO5S/c1-9-2-3-12(11(15)8-9)22(20,21)16-6-4-10(5-7-16)13(17)14(18)19/h2-3,8,10,13,17H,4-7H2,1H3,(H,18,19). The molecule has 1 atom stereocenters. The van der Waals surface area contributed by atoms with Gasteiger partial charge in [-0.05, 0) is 43.4 Å². The lowest BCUT2D eigenvalue weighted by molar-refractivity contribution is -0.150. The van der Waals surface area contributed by atoms with Crippen LogP contribution in [0.5, 0.6) is 0 Å². The molecule has 0 radical (unpaired) electrons. The Kier molecular flexibility index (Phi) is 5.11. The number of aliphatic hydroxyl groups excluding tert-OH is 1. The van der Waals surface area contributed by atoms with E-state index in [1.165, 1.54) is 10.4 Å². The number of halogens is 1. The lowest BCUT2D eigenvalue weighted by atomic mass is 9.92. The minimum absolute atomic E-state index is 0.0528. The number of sulfonamides is 1. The van der Waals surface area contributed by atoms with Gasteiger partial charge in [-0.1, -0.05) is 17.7 Å². The molecule has 6 nitrogen and oxygen atoms in total. The lowest BCUT2D eigenvalue weighted by Crippen LogP contribution is -2.43. The third-order valence-corrected chi connectivity index (χ3v) is 6.28. The van der Waals surface area contributed by atoms with Crippen LogP contribution in [0, 0.1) is 12.8 Å². The zero-order valence-corrected chi connectivity index (χ0v) is 13.6. The van der Waals surface area contributed by atoms with Crippen LogP contribution in [-0.4, -0.2) is 48.1 Å². The van der Waals surface area contributed by atoms with Crippen LogP contribution in [0.3, 0.4) is 0 Å². The van der Waals surface area contributed by atoms with Crippen LogP contribution in [0.2, 0.25) is 5.02 Å². The van der Waals surface area contributed by atoms with E-state index >= 15 is 0 Å². The molecule has 2 rings (SSSR count). The predicted molar refractivity (Wildman–Crippen MR) is 81.3 cm³/mol. The van der Waals surface area contributed by atoms with E-state index in [1.54, 1.807) is 12.1 Å². The molecule has 1 heterocycles. The minimum Gasteiger partial charge on any atom is -0.479 e. The smallest absolute Gasteiger partial charge is 0.332 e. The molecule has 1 aliphatic rings. The van der Waals surface area contributed by atoms with Gasteiger partial charge >= 0.3 is 5.97 Å². The number of carbonyl (C=O) groups is 1. The summed E-state index contributed by atoms with van der Waals surface area (Å²) in [6, 6.07) is 4.75. The Bertz CT molecular complexity index is 668. The van der Waals surface area contributed by atoms with Gasteiger partial charge in [0.2, 0.25) is 10.0 Å². The van der Waals surface area contributed by atoms with Crippen molar-refractivity contribution in [2.24, 2.45) is 5.92 Å². The quantitative estimate of drug-likeness (QED) is 0.860. The second kappa shape index (κ2) is 6.54. The third kappa shape index (κ3) is 3.43. The molecule has 1 saturated heterocycles. The van der Waals surface area contributed by atoms with Crippen molar-refractivity contribution in [3.8, 4) is 0 Å². The number of aliphatic carboxylic acids is 1. The second-order valence-corrected chi connectivity index (χ2v) is 7.77. The van der Waals surface area contributed by atoms with E-state index in [-0.39, 0.29) is 23.0 Å². The number of rotatable bonds is 4. The van der Waals surface area contributed by atoms with E-state index in [0.717, 1.165) is 5.56 Å². The number of carboxylic acids is 1. The largest absolute Gasteiger partial charge is 0.479 e. The molecule has 0 aromatic heterocycles. The van der Waals surface area contributed by atoms with Gasteiger partial charge in [0.05, 0.1) is 5.02 Å². The monoisotopic (exact) mass is 347 g/mol. The SMILES string of the molecule is Cc1ccc(S(=O)(=O)N2CCC(C(O)C(=O)O)CC2)c(Cl)c1. The zero-order valence-electron chi connectivity index (χ0n) is 12.1. The van der Waals surface area contributed by atoms with Crippen LogP contribution in [0.25, 0.3) is 0 Å². The maximum absolute atomic E-state index is 12.6. The van der Waals surface area contributed by atoms with Crippen molar-refractivity contribution in [1.29, 1.82) is 0 Å². The average molecular weight is 348 g/mol. The van der Waals surface area contributed by atoms with E-state index in [1.807, 2.05) is 6.92 Å². The summed E-state index contributed by atoms with van der Waals surface area (Å²) in [6.45, 7) is 2.16. The maximum Gasteiger partial charge on any atom is 0.332 e. The highest BCUT2D eigenvalue weighted by Gasteiger charge is 2.35. The Balaban J connectivity index is 2.14. The molecule has 0 saturated carbocycles. The summed E-state index contributed by atoms with van der Waals surface area (Å²) in [5.74, 6) is -1.71. The van der Waals surface area contributed by atoms with Crippen LogP contribution in [0.4, 0.5) is 0 Å². The Morgan fingerprint density at radius 2 is 1.95 bits per heavy atom. The molecule has 2 N–H and O–H groups in total. The summed E-state index contributed by atoms with van der Waals surface area (Å²) in [5, 5.41) is 18.5. The number of piperidine rings is 1. The van der Waals surface area contributed by atoms with Gasteiger partial charge in [-0.25, -0.2) is 13.2 Å². The summed E-state index contributed by atoms with van der Waals surface area (Å²) in [7, 11) is -3.71. The molecular formula is C14H18ClNO5S. The summed E-state index contributed by atoms with van der Waals surface area (Å²) in [6.07, 6.45) is -0.848. The van der Waals surface area contributed by atoms with E-state index in [0.29, 0.717) is 12.8 Å². The molecule has 1 aromatic carbocycles. The normalized spacial score (nSPS) is 19.0. The van der Waals surface area contributed by atoms with E-state index in [4.69, 9.17) is 16.7 Å². The maximum atomic E-state index is 12.6. The highest BCUT2D eigenvalue weighted by atomic mass is 35.5. The number of aryl methyl sites for hydroxylation is 1. The van der Waals surface area contributed by atoms with E-state index in [9.17, 15) is 18.3 Å². The Morgan fingerprint density at radius 1 is 1.36 bits per heavy atom. The van der Waals surface area contributed by atoms with Crippen LogP contribution in [0.1, 0.15) is 18.4 Å².